The highest BCUT2D eigenvalue weighted by Crippen LogP contribution is 2.60. The fourth-order valence-corrected chi connectivity index (χ4v) is 7.52. The van der Waals surface area contributed by atoms with E-state index in [1.165, 1.54) is 18.9 Å². The Morgan fingerprint density at radius 1 is 1.21 bits per heavy atom. The molecule has 0 spiro atoms. The summed E-state index contributed by atoms with van der Waals surface area (Å²) in [6, 6.07) is 0. The van der Waals surface area contributed by atoms with Crippen LogP contribution in [0.1, 0.15) is 72.1 Å². The molecule has 0 aromatic carbocycles. The molecular weight excluding hydrogens is 432 g/mol. The molecule has 34 heavy (non-hydrogen) atoms. The van der Waals surface area contributed by atoms with Crippen LogP contribution in [-0.2, 0) is 9.53 Å². The average Bonchev–Trinajstić information content (AvgIpc) is 3.13. The third-order valence-electron chi connectivity index (χ3n) is 9.53. The summed E-state index contributed by atoms with van der Waals surface area (Å²) in [5, 5.41) is 41.2. The van der Waals surface area contributed by atoms with Gasteiger partial charge < -0.3 is 25.2 Å². The van der Waals surface area contributed by atoms with E-state index >= 15 is 0 Å². The summed E-state index contributed by atoms with van der Waals surface area (Å²) in [7, 11) is 0. The highest BCUT2D eigenvalue weighted by Gasteiger charge is 2.53. The van der Waals surface area contributed by atoms with Crippen molar-refractivity contribution in [3.63, 3.8) is 0 Å². The summed E-state index contributed by atoms with van der Waals surface area (Å²) < 4.78 is 5.19. The summed E-state index contributed by atoms with van der Waals surface area (Å²) >= 11 is 0. The average molecular weight is 475 g/mol. The topological polar surface area (TPSA) is 107 Å². The van der Waals surface area contributed by atoms with Gasteiger partial charge >= 0.3 is 5.97 Å². The highest BCUT2D eigenvalue weighted by atomic mass is 16.6. The number of fused-ring (bicyclic) bond motifs is 1. The number of cyclic esters (lactones) is 1. The first-order valence-corrected chi connectivity index (χ1v) is 13.0. The van der Waals surface area contributed by atoms with Crippen molar-refractivity contribution in [1.29, 1.82) is 0 Å². The van der Waals surface area contributed by atoms with Crippen molar-refractivity contribution in [3.05, 3.63) is 35.5 Å². The molecule has 6 nitrogen and oxygen atoms in total. The van der Waals surface area contributed by atoms with Gasteiger partial charge in [0.15, 0.2) is 5.60 Å². The minimum absolute atomic E-state index is 0.160. The standard InChI is InChI=1S/C28H42O6/c1-16(12-20-15-34-26(32)28(4,33)25(20)31)22-9-10-23-18(6-5-11-27(22,23)3)7-8-19-13-21(29)14-24(30)17(19)2/h7-8,16,20-25,29-31,33H,2,5-6,9-15H2,1,3-4H3/b18-7+,19-8-/t16-,20-,21-,22-,23?,24+,25-,27-,28-/m1/s1. The monoisotopic (exact) mass is 474 g/mol. The van der Waals surface area contributed by atoms with E-state index in [0.29, 0.717) is 30.6 Å². The summed E-state index contributed by atoms with van der Waals surface area (Å²) in [6.45, 7) is 10.2. The normalized spacial score (nSPS) is 46.4. The number of hydrogen-bond acceptors (Lipinski definition) is 6. The van der Waals surface area contributed by atoms with Gasteiger partial charge in [0.2, 0.25) is 0 Å². The first-order chi connectivity index (χ1) is 15.9. The SMILES string of the molecule is C=C1/C(=C\C=C2/CCC[C@@]3(C)C2CC[C@@H]3[C@H](C)C[C@@H]2COC(=O)[C@](C)(O)[C@@H]2O)C[C@@H](O)C[C@@H]1O. The lowest BCUT2D eigenvalue weighted by atomic mass is 9.60. The van der Waals surface area contributed by atoms with Crippen molar-refractivity contribution >= 4 is 5.97 Å². The van der Waals surface area contributed by atoms with E-state index < -0.39 is 29.9 Å². The Hall–Kier alpha value is -1.47. The van der Waals surface area contributed by atoms with Crippen molar-refractivity contribution in [3.8, 4) is 0 Å². The molecule has 1 aliphatic heterocycles. The fraction of sp³-hybridized carbons (Fsp3) is 0.750. The Labute approximate surface area is 203 Å². The lowest BCUT2D eigenvalue weighted by Gasteiger charge is -2.46. The summed E-state index contributed by atoms with van der Waals surface area (Å²) in [5.41, 5.74) is 1.45. The van der Waals surface area contributed by atoms with Gasteiger partial charge in [0.1, 0.15) is 0 Å². The Balaban J connectivity index is 1.48. The van der Waals surface area contributed by atoms with Crippen LogP contribution in [0.15, 0.2) is 35.5 Å². The molecule has 0 radical (unpaired) electrons. The Morgan fingerprint density at radius 2 is 1.94 bits per heavy atom. The molecule has 3 aliphatic carbocycles. The van der Waals surface area contributed by atoms with Gasteiger partial charge in [-0.1, -0.05) is 38.2 Å². The fourth-order valence-electron chi connectivity index (χ4n) is 7.52. The van der Waals surface area contributed by atoms with Gasteiger partial charge in [-0.25, -0.2) is 4.79 Å². The van der Waals surface area contributed by atoms with Crippen LogP contribution in [0, 0.1) is 29.1 Å². The molecule has 0 amide bonds. The van der Waals surface area contributed by atoms with Crippen LogP contribution in [0.5, 0.6) is 0 Å². The van der Waals surface area contributed by atoms with E-state index in [0.717, 1.165) is 43.3 Å². The maximum absolute atomic E-state index is 11.8. The van der Waals surface area contributed by atoms with E-state index in [1.54, 1.807) is 0 Å². The zero-order valence-corrected chi connectivity index (χ0v) is 20.9. The lowest BCUT2D eigenvalue weighted by molar-refractivity contribution is -0.200. The van der Waals surface area contributed by atoms with Crippen LogP contribution in [0.25, 0.3) is 0 Å². The molecule has 4 rings (SSSR count). The van der Waals surface area contributed by atoms with Crippen molar-refractivity contribution in [2.75, 3.05) is 6.61 Å². The number of rotatable bonds is 4. The van der Waals surface area contributed by atoms with Crippen molar-refractivity contribution in [1.82, 2.24) is 0 Å². The molecule has 4 N–H and O–H groups in total. The summed E-state index contributed by atoms with van der Waals surface area (Å²) in [6.07, 6.45) is 9.25. The zero-order valence-electron chi connectivity index (χ0n) is 20.9. The van der Waals surface area contributed by atoms with Crippen LogP contribution in [0.3, 0.4) is 0 Å². The van der Waals surface area contributed by atoms with Gasteiger partial charge in [-0.15, -0.1) is 0 Å². The van der Waals surface area contributed by atoms with Crippen LogP contribution in [-0.4, -0.2) is 56.9 Å². The van der Waals surface area contributed by atoms with Crippen molar-refractivity contribution in [2.45, 2.75) is 96.1 Å². The Kier molecular flexibility index (Phi) is 7.18. The first-order valence-electron chi connectivity index (χ1n) is 13.0. The Bertz CT molecular complexity index is 872. The second-order valence-corrected chi connectivity index (χ2v) is 11.8. The number of carbonyl (C=O) groups excluding carboxylic acids is 1. The third kappa shape index (κ3) is 4.55. The predicted octanol–water partition coefficient (Wildman–Crippen LogP) is 3.44. The molecule has 1 unspecified atom stereocenters. The van der Waals surface area contributed by atoms with Gasteiger partial charge in [0.05, 0.1) is 24.9 Å². The van der Waals surface area contributed by atoms with E-state index in [2.05, 4.69) is 32.6 Å². The number of esters is 1. The number of ether oxygens (including phenoxy) is 1. The summed E-state index contributed by atoms with van der Waals surface area (Å²) in [4.78, 5) is 11.8. The lowest BCUT2D eigenvalue weighted by Crippen LogP contribution is -2.57. The molecule has 1 saturated heterocycles. The molecule has 9 atom stereocenters. The molecule has 4 aliphatic rings. The summed E-state index contributed by atoms with van der Waals surface area (Å²) in [5.74, 6) is 0.326. The first kappa shape index (κ1) is 25.6. The maximum Gasteiger partial charge on any atom is 0.340 e. The smallest absolute Gasteiger partial charge is 0.340 e. The minimum Gasteiger partial charge on any atom is -0.463 e. The van der Waals surface area contributed by atoms with E-state index in [4.69, 9.17) is 4.74 Å². The Morgan fingerprint density at radius 3 is 2.68 bits per heavy atom. The van der Waals surface area contributed by atoms with Crippen LogP contribution >= 0.6 is 0 Å². The number of hydrogen-bond donors (Lipinski definition) is 4. The van der Waals surface area contributed by atoms with E-state index in [-0.39, 0.29) is 17.9 Å². The number of aliphatic hydroxyl groups excluding tert-OH is 3. The third-order valence-corrected chi connectivity index (χ3v) is 9.53. The number of carbonyl (C=O) groups is 1. The molecule has 0 bridgehead atoms. The van der Waals surface area contributed by atoms with E-state index in [9.17, 15) is 25.2 Å². The van der Waals surface area contributed by atoms with Crippen LogP contribution in [0.2, 0.25) is 0 Å². The van der Waals surface area contributed by atoms with Gasteiger partial charge in [-0.2, -0.15) is 0 Å². The second-order valence-electron chi connectivity index (χ2n) is 11.8. The van der Waals surface area contributed by atoms with Gasteiger partial charge in [0.25, 0.3) is 0 Å². The van der Waals surface area contributed by atoms with Crippen molar-refractivity contribution in [2.24, 2.45) is 29.1 Å². The molecule has 3 saturated carbocycles. The van der Waals surface area contributed by atoms with Crippen molar-refractivity contribution < 1.29 is 30.0 Å². The number of allylic oxidation sites excluding steroid dienone is 3. The van der Waals surface area contributed by atoms with Gasteiger partial charge in [-0.3, -0.25) is 0 Å². The zero-order chi connectivity index (χ0) is 24.8. The van der Waals surface area contributed by atoms with E-state index in [1.807, 2.05) is 0 Å². The second kappa shape index (κ2) is 9.53. The number of aliphatic hydroxyl groups is 4. The molecule has 4 fully saturated rings. The van der Waals surface area contributed by atoms with Crippen LogP contribution in [0.4, 0.5) is 0 Å². The molecule has 0 aromatic heterocycles. The minimum atomic E-state index is -1.84. The maximum atomic E-state index is 11.8. The highest BCUT2D eigenvalue weighted by molar-refractivity contribution is 5.80. The molecule has 1 heterocycles. The molecule has 0 aromatic rings. The van der Waals surface area contributed by atoms with Crippen LogP contribution < -0.4 is 0 Å². The molecular formula is C28H42O6. The largest absolute Gasteiger partial charge is 0.463 e. The quantitative estimate of drug-likeness (QED) is 0.465. The van der Waals surface area contributed by atoms with Gasteiger partial charge in [0, 0.05) is 12.3 Å². The van der Waals surface area contributed by atoms with Gasteiger partial charge in [-0.05, 0) is 86.2 Å². The molecule has 190 valence electrons. The molecule has 6 heteroatoms. The predicted molar refractivity (Wildman–Crippen MR) is 130 cm³/mol.